The second kappa shape index (κ2) is 9.57. The van der Waals surface area contributed by atoms with E-state index in [2.05, 4.69) is 10.5 Å². The zero-order valence-corrected chi connectivity index (χ0v) is 16.3. The van der Waals surface area contributed by atoms with Gasteiger partial charge in [0.2, 0.25) is 0 Å². The van der Waals surface area contributed by atoms with Gasteiger partial charge < -0.3 is 9.47 Å². The summed E-state index contributed by atoms with van der Waals surface area (Å²) in [5.41, 5.74) is 5.04. The Balaban J connectivity index is 1.69. The van der Waals surface area contributed by atoms with Gasteiger partial charge in [-0.25, -0.2) is 0 Å². The summed E-state index contributed by atoms with van der Waals surface area (Å²) in [6.07, 6.45) is 1.59. The molecular weight excluding hydrogens is 394 g/mol. The summed E-state index contributed by atoms with van der Waals surface area (Å²) in [6, 6.07) is 18.9. The molecular formula is C21H18ClN3O4. The van der Waals surface area contributed by atoms with Crippen molar-refractivity contribution in [1.82, 2.24) is 0 Å². The fraction of sp³-hybridized carbons (Fsp3) is 0.0952. The highest BCUT2D eigenvalue weighted by molar-refractivity contribution is 6.30. The SMILES string of the molecule is COc1ccc(C=NNc2cccc([N+](=O)[O-])c2)cc1OCc1ccc(Cl)cc1. The van der Waals surface area contributed by atoms with E-state index in [9.17, 15) is 10.1 Å². The Kier molecular flexibility index (Phi) is 6.65. The van der Waals surface area contributed by atoms with Crippen LogP contribution in [0.4, 0.5) is 11.4 Å². The fourth-order valence-electron chi connectivity index (χ4n) is 2.50. The van der Waals surface area contributed by atoms with Crippen molar-refractivity contribution in [3.63, 3.8) is 0 Å². The highest BCUT2D eigenvalue weighted by atomic mass is 35.5. The number of nitro benzene ring substituents is 1. The first kappa shape index (κ1) is 20.2. The van der Waals surface area contributed by atoms with Gasteiger partial charge in [-0.05, 0) is 47.5 Å². The lowest BCUT2D eigenvalue weighted by Crippen LogP contribution is -1.99. The van der Waals surface area contributed by atoms with E-state index >= 15 is 0 Å². The largest absolute Gasteiger partial charge is 0.493 e. The summed E-state index contributed by atoms with van der Waals surface area (Å²) >= 11 is 5.90. The van der Waals surface area contributed by atoms with Crippen molar-refractivity contribution < 1.29 is 14.4 Å². The number of rotatable bonds is 8. The molecule has 0 aromatic heterocycles. The third-order valence-electron chi connectivity index (χ3n) is 3.96. The second-order valence-electron chi connectivity index (χ2n) is 6.00. The fourth-order valence-corrected chi connectivity index (χ4v) is 2.62. The lowest BCUT2D eigenvalue weighted by Gasteiger charge is -2.11. The average Bonchev–Trinajstić information content (AvgIpc) is 2.73. The molecule has 3 aromatic rings. The quantitative estimate of drug-likeness (QED) is 0.309. The molecule has 0 heterocycles. The molecule has 0 fully saturated rings. The van der Waals surface area contributed by atoms with Gasteiger partial charge in [0.15, 0.2) is 11.5 Å². The van der Waals surface area contributed by atoms with Gasteiger partial charge in [0.05, 0.1) is 23.9 Å². The lowest BCUT2D eigenvalue weighted by molar-refractivity contribution is -0.384. The number of hydrogen-bond donors (Lipinski definition) is 1. The molecule has 1 N–H and O–H groups in total. The molecule has 0 bridgehead atoms. The van der Waals surface area contributed by atoms with Crippen LogP contribution in [0.1, 0.15) is 11.1 Å². The molecule has 0 saturated carbocycles. The molecule has 0 aliphatic heterocycles. The molecule has 0 radical (unpaired) electrons. The molecule has 0 aliphatic carbocycles. The first-order valence-electron chi connectivity index (χ1n) is 8.64. The molecule has 3 aromatic carbocycles. The van der Waals surface area contributed by atoms with Crippen molar-refractivity contribution >= 4 is 29.2 Å². The van der Waals surface area contributed by atoms with Crippen LogP contribution < -0.4 is 14.9 Å². The number of nitro groups is 1. The average molecular weight is 412 g/mol. The van der Waals surface area contributed by atoms with Crippen LogP contribution in [0.5, 0.6) is 11.5 Å². The summed E-state index contributed by atoms with van der Waals surface area (Å²) in [4.78, 5) is 10.4. The predicted octanol–water partition coefficient (Wildman–Crippen LogP) is 5.28. The molecule has 0 atom stereocenters. The molecule has 0 unspecified atom stereocenters. The first-order valence-corrected chi connectivity index (χ1v) is 9.02. The zero-order chi connectivity index (χ0) is 20.6. The maximum atomic E-state index is 10.8. The number of non-ortho nitro benzene ring substituents is 1. The van der Waals surface area contributed by atoms with Gasteiger partial charge in [0, 0.05) is 17.2 Å². The van der Waals surface area contributed by atoms with E-state index in [-0.39, 0.29) is 5.69 Å². The smallest absolute Gasteiger partial charge is 0.271 e. The Morgan fingerprint density at radius 1 is 1.10 bits per heavy atom. The Bertz CT molecular complexity index is 1020. The Morgan fingerprint density at radius 3 is 2.62 bits per heavy atom. The molecule has 0 spiro atoms. The molecule has 29 heavy (non-hydrogen) atoms. The topological polar surface area (TPSA) is 86.0 Å². The summed E-state index contributed by atoms with van der Waals surface area (Å²) in [5.74, 6) is 1.17. The molecule has 0 amide bonds. The third kappa shape index (κ3) is 5.70. The van der Waals surface area contributed by atoms with Gasteiger partial charge in [0.1, 0.15) is 6.61 Å². The Hall–Kier alpha value is -3.58. The number of hydrazone groups is 1. The van der Waals surface area contributed by atoms with E-state index in [1.807, 2.05) is 18.2 Å². The Labute approximate surface area is 172 Å². The van der Waals surface area contributed by atoms with E-state index in [1.165, 1.54) is 12.1 Å². The van der Waals surface area contributed by atoms with Crippen molar-refractivity contribution in [2.24, 2.45) is 5.10 Å². The van der Waals surface area contributed by atoms with Crippen LogP contribution in [0, 0.1) is 10.1 Å². The normalized spacial score (nSPS) is 10.7. The minimum Gasteiger partial charge on any atom is -0.493 e. The second-order valence-corrected chi connectivity index (χ2v) is 6.44. The van der Waals surface area contributed by atoms with E-state index in [4.69, 9.17) is 21.1 Å². The van der Waals surface area contributed by atoms with Gasteiger partial charge in [-0.2, -0.15) is 5.10 Å². The van der Waals surface area contributed by atoms with Crippen LogP contribution in [-0.4, -0.2) is 18.2 Å². The molecule has 0 aliphatic rings. The van der Waals surface area contributed by atoms with Crippen LogP contribution in [-0.2, 0) is 6.61 Å². The van der Waals surface area contributed by atoms with E-state index < -0.39 is 4.92 Å². The number of anilines is 1. The first-order chi connectivity index (χ1) is 14.0. The lowest BCUT2D eigenvalue weighted by atomic mass is 10.2. The third-order valence-corrected chi connectivity index (χ3v) is 4.21. The van der Waals surface area contributed by atoms with Crippen molar-refractivity contribution in [2.45, 2.75) is 6.61 Å². The molecule has 0 saturated heterocycles. The number of methoxy groups -OCH3 is 1. The summed E-state index contributed by atoms with van der Waals surface area (Å²) < 4.78 is 11.2. The van der Waals surface area contributed by atoms with Gasteiger partial charge in [0.25, 0.3) is 5.69 Å². The minimum absolute atomic E-state index is 0.00691. The van der Waals surface area contributed by atoms with Crippen LogP contribution in [0.15, 0.2) is 71.8 Å². The standard InChI is InChI=1S/C21H18ClN3O4/c1-28-20-10-7-16(11-21(20)29-14-15-5-8-17(22)9-6-15)13-23-24-18-3-2-4-19(12-18)25(26)27/h2-13,24H,14H2,1H3. The van der Waals surface area contributed by atoms with Crippen molar-refractivity contribution in [3.05, 3.63) is 93.0 Å². The zero-order valence-electron chi connectivity index (χ0n) is 15.5. The van der Waals surface area contributed by atoms with Crippen molar-refractivity contribution in [2.75, 3.05) is 12.5 Å². The van der Waals surface area contributed by atoms with E-state index in [1.54, 1.807) is 49.7 Å². The minimum atomic E-state index is -0.456. The predicted molar refractivity (Wildman–Crippen MR) is 113 cm³/mol. The van der Waals surface area contributed by atoms with E-state index in [0.717, 1.165) is 11.1 Å². The Morgan fingerprint density at radius 2 is 1.90 bits per heavy atom. The van der Waals surface area contributed by atoms with Crippen LogP contribution >= 0.6 is 11.6 Å². The highest BCUT2D eigenvalue weighted by Crippen LogP contribution is 2.28. The maximum absolute atomic E-state index is 10.8. The van der Waals surface area contributed by atoms with Crippen LogP contribution in [0.3, 0.4) is 0 Å². The molecule has 8 heteroatoms. The van der Waals surface area contributed by atoms with Crippen molar-refractivity contribution in [1.29, 1.82) is 0 Å². The number of nitrogens with one attached hydrogen (secondary N) is 1. The maximum Gasteiger partial charge on any atom is 0.271 e. The summed E-state index contributed by atoms with van der Waals surface area (Å²) in [6.45, 7) is 0.361. The highest BCUT2D eigenvalue weighted by Gasteiger charge is 2.07. The van der Waals surface area contributed by atoms with Gasteiger partial charge in [-0.3, -0.25) is 15.5 Å². The van der Waals surface area contributed by atoms with E-state index in [0.29, 0.717) is 28.8 Å². The summed E-state index contributed by atoms with van der Waals surface area (Å²) in [5, 5.41) is 15.6. The van der Waals surface area contributed by atoms with Gasteiger partial charge in [-0.1, -0.05) is 29.8 Å². The molecule has 148 valence electrons. The number of halogens is 1. The van der Waals surface area contributed by atoms with Gasteiger partial charge in [-0.15, -0.1) is 0 Å². The number of ether oxygens (including phenoxy) is 2. The van der Waals surface area contributed by atoms with Crippen molar-refractivity contribution in [3.8, 4) is 11.5 Å². The van der Waals surface area contributed by atoms with Crippen LogP contribution in [0.2, 0.25) is 5.02 Å². The summed E-state index contributed by atoms with van der Waals surface area (Å²) in [7, 11) is 1.57. The number of nitrogens with zero attached hydrogens (tertiary/aromatic N) is 2. The van der Waals surface area contributed by atoms with Gasteiger partial charge >= 0.3 is 0 Å². The van der Waals surface area contributed by atoms with Crippen LogP contribution in [0.25, 0.3) is 0 Å². The molecule has 7 nitrogen and oxygen atoms in total. The monoisotopic (exact) mass is 411 g/mol. The number of hydrogen-bond acceptors (Lipinski definition) is 6. The number of benzene rings is 3. The molecule has 3 rings (SSSR count).